The highest BCUT2D eigenvalue weighted by atomic mass is 16.3. The van der Waals surface area contributed by atoms with Gasteiger partial charge in [0.15, 0.2) is 0 Å². The van der Waals surface area contributed by atoms with Gasteiger partial charge in [0.2, 0.25) is 0 Å². The van der Waals surface area contributed by atoms with Crippen LogP contribution in [-0.2, 0) is 44.9 Å². The van der Waals surface area contributed by atoms with Crippen molar-refractivity contribution >= 4 is 0 Å². The molecule has 7 N–H and O–H groups in total. The molecule has 476 valence electrons. The fraction of sp³-hybridized carbons (Fsp3) is 0.0769. The van der Waals surface area contributed by atoms with Crippen molar-refractivity contribution in [3.8, 4) is 118 Å². The first-order valence-electron chi connectivity index (χ1n) is 33.2. The number of aromatic hydroxyl groups is 7. The highest BCUT2D eigenvalue weighted by Crippen LogP contribution is 2.46. The molecule has 0 unspecified atom stereocenters. The largest absolute Gasteiger partial charge is 0.507 e. The summed E-state index contributed by atoms with van der Waals surface area (Å²) in [6.07, 6.45) is 0.745. The van der Waals surface area contributed by atoms with Crippen molar-refractivity contribution in [3.05, 3.63) is 375 Å². The number of fused-ring (bicyclic) bond motifs is 14. The van der Waals surface area contributed by atoms with E-state index >= 15 is 0 Å². The van der Waals surface area contributed by atoms with E-state index in [1.165, 1.54) is 0 Å². The van der Waals surface area contributed by atoms with Crippen LogP contribution in [-0.4, -0.2) is 35.7 Å². The second-order valence-electron chi connectivity index (χ2n) is 25.8. The van der Waals surface area contributed by atoms with Crippen LogP contribution >= 0.6 is 0 Å². The summed E-state index contributed by atoms with van der Waals surface area (Å²) in [6, 6.07) is 97.4. The molecule has 0 radical (unpaired) electrons. The fourth-order valence-corrected chi connectivity index (χ4v) is 14.2. The van der Waals surface area contributed by atoms with Crippen LogP contribution in [0.4, 0.5) is 0 Å². The van der Waals surface area contributed by atoms with Crippen LogP contribution in [0.5, 0.6) is 40.2 Å². The van der Waals surface area contributed by atoms with Crippen molar-refractivity contribution in [3.63, 3.8) is 0 Å². The molecular formula is C91H70O7. The summed E-state index contributed by atoms with van der Waals surface area (Å²) < 4.78 is 0. The number of phenolic OH excluding ortho intramolecular Hbond substituents is 7. The van der Waals surface area contributed by atoms with Crippen molar-refractivity contribution in [2.75, 3.05) is 0 Å². The van der Waals surface area contributed by atoms with Gasteiger partial charge in [-0.15, -0.1) is 0 Å². The first kappa shape index (κ1) is 61.8. The smallest absolute Gasteiger partial charge is 0.122 e. The molecule has 7 heteroatoms. The van der Waals surface area contributed by atoms with E-state index in [0.29, 0.717) is 77.9 Å². The molecule has 0 aromatic heterocycles. The second-order valence-corrected chi connectivity index (χ2v) is 25.8. The van der Waals surface area contributed by atoms with E-state index in [1.54, 1.807) is 0 Å². The van der Waals surface area contributed by atoms with Gasteiger partial charge in [0, 0.05) is 44.9 Å². The molecule has 0 heterocycles. The maximum atomic E-state index is 13.0. The van der Waals surface area contributed by atoms with Crippen LogP contribution in [0.15, 0.2) is 297 Å². The van der Waals surface area contributed by atoms with Gasteiger partial charge in [0.25, 0.3) is 0 Å². The van der Waals surface area contributed by atoms with Crippen LogP contribution in [0.3, 0.4) is 0 Å². The van der Waals surface area contributed by atoms with Crippen LogP contribution in [0.1, 0.15) is 77.9 Å². The van der Waals surface area contributed by atoms with E-state index in [4.69, 9.17) is 0 Å². The lowest BCUT2D eigenvalue weighted by Gasteiger charge is -2.20. The van der Waals surface area contributed by atoms with Crippen LogP contribution in [0, 0.1) is 0 Å². The molecule has 1 aliphatic rings. The van der Waals surface area contributed by atoms with Gasteiger partial charge in [-0.1, -0.05) is 212 Å². The summed E-state index contributed by atoms with van der Waals surface area (Å²) in [7, 11) is 0. The Bertz CT molecular complexity index is 4170. The van der Waals surface area contributed by atoms with Gasteiger partial charge in [-0.05, 0) is 241 Å². The Morgan fingerprint density at radius 3 is 0.306 bits per heavy atom. The number of phenols is 7. The van der Waals surface area contributed by atoms with Crippen molar-refractivity contribution in [2.24, 2.45) is 0 Å². The third-order valence-electron chi connectivity index (χ3n) is 19.3. The third kappa shape index (κ3) is 12.8. The lowest BCUT2D eigenvalue weighted by molar-refractivity contribution is 0.452. The highest BCUT2D eigenvalue weighted by Gasteiger charge is 2.26. The minimum atomic E-state index is 0.0103. The summed E-state index contributed by atoms with van der Waals surface area (Å²) >= 11 is 0. The summed E-state index contributed by atoms with van der Waals surface area (Å²) in [6.45, 7) is 0. The molecular weight excluding hydrogens is 1200 g/mol. The molecule has 0 aliphatic heterocycles. The zero-order chi connectivity index (χ0) is 66.8. The molecule has 0 fully saturated rings. The predicted molar refractivity (Wildman–Crippen MR) is 394 cm³/mol. The molecule has 14 aromatic rings. The molecule has 14 aromatic carbocycles. The van der Waals surface area contributed by atoms with Crippen molar-refractivity contribution < 1.29 is 35.7 Å². The van der Waals surface area contributed by atoms with Gasteiger partial charge in [-0.25, -0.2) is 0 Å². The first-order chi connectivity index (χ1) is 47.9. The van der Waals surface area contributed by atoms with Crippen molar-refractivity contribution in [1.82, 2.24) is 0 Å². The quantitative estimate of drug-likeness (QED) is 0.0843. The monoisotopic (exact) mass is 1270 g/mol. The van der Waals surface area contributed by atoms with Crippen molar-refractivity contribution in [1.29, 1.82) is 0 Å². The SMILES string of the molecule is Oc1c2cc(-c3ccccc3)cc1Cc1cc(-c3ccccc3)cc(c1O)Cc1cc(-c3ccccc3)cc(c1O)Cc1cc(-c3ccccc3)cc(c1O)Cc1cc(-c3ccccc3)cc(c1O)Cc1cc(-c3ccccc3)cc(c1O)Cc1cc(-c3ccccc3)cc(c1O)C2. The van der Waals surface area contributed by atoms with E-state index in [1.807, 2.05) is 297 Å². The van der Waals surface area contributed by atoms with E-state index in [0.717, 1.165) is 77.9 Å². The summed E-state index contributed by atoms with van der Waals surface area (Å²) in [5.74, 6) is 0.0723. The van der Waals surface area contributed by atoms with Crippen LogP contribution < -0.4 is 0 Å². The molecule has 0 atom stereocenters. The molecule has 15 rings (SSSR count). The maximum Gasteiger partial charge on any atom is 0.122 e. The Hall–Kier alpha value is -12.3. The van der Waals surface area contributed by atoms with E-state index in [9.17, 15) is 35.7 Å². The Labute approximate surface area is 570 Å². The van der Waals surface area contributed by atoms with Crippen LogP contribution in [0.25, 0.3) is 77.9 Å². The Kier molecular flexibility index (Phi) is 16.9. The molecule has 0 amide bonds. The molecule has 14 bridgehead atoms. The summed E-state index contributed by atoms with van der Waals surface area (Å²) in [4.78, 5) is 0. The Morgan fingerprint density at radius 2 is 0.214 bits per heavy atom. The number of hydrogen-bond acceptors (Lipinski definition) is 7. The lowest BCUT2D eigenvalue weighted by atomic mass is 9.86. The van der Waals surface area contributed by atoms with E-state index < -0.39 is 0 Å². The Balaban J connectivity index is 0.985. The Morgan fingerprint density at radius 1 is 0.122 bits per heavy atom. The minimum absolute atomic E-state index is 0.0103. The normalized spacial score (nSPS) is 12.3. The van der Waals surface area contributed by atoms with Crippen LogP contribution in [0.2, 0.25) is 0 Å². The summed E-state index contributed by atoms with van der Waals surface area (Å²) in [5.41, 5.74) is 19.9. The van der Waals surface area contributed by atoms with Gasteiger partial charge in [0.05, 0.1) is 0 Å². The predicted octanol–water partition coefficient (Wildman–Crippen LogP) is 20.7. The van der Waals surface area contributed by atoms with Gasteiger partial charge in [-0.2, -0.15) is 0 Å². The fourth-order valence-electron chi connectivity index (χ4n) is 14.2. The first-order valence-corrected chi connectivity index (χ1v) is 33.2. The average Bonchev–Trinajstić information content (AvgIpc) is 0.792. The number of hydrogen-bond donors (Lipinski definition) is 7. The lowest BCUT2D eigenvalue weighted by Crippen LogP contribution is -2.03. The van der Waals surface area contributed by atoms with E-state index in [2.05, 4.69) is 0 Å². The zero-order valence-corrected chi connectivity index (χ0v) is 53.9. The van der Waals surface area contributed by atoms with Crippen molar-refractivity contribution in [2.45, 2.75) is 44.9 Å². The zero-order valence-electron chi connectivity index (χ0n) is 53.9. The maximum absolute atomic E-state index is 13.0. The average molecular weight is 1280 g/mol. The van der Waals surface area contributed by atoms with Gasteiger partial charge < -0.3 is 35.7 Å². The topological polar surface area (TPSA) is 142 Å². The number of benzene rings is 14. The molecule has 1 aliphatic carbocycles. The number of rotatable bonds is 7. The molecule has 0 saturated heterocycles. The van der Waals surface area contributed by atoms with E-state index in [-0.39, 0.29) is 85.2 Å². The van der Waals surface area contributed by atoms with Gasteiger partial charge in [-0.3, -0.25) is 0 Å². The summed E-state index contributed by atoms with van der Waals surface area (Å²) in [5, 5.41) is 90.7. The van der Waals surface area contributed by atoms with Gasteiger partial charge in [0.1, 0.15) is 40.2 Å². The third-order valence-corrected chi connectivity index (χ3v) is 19.3. The second kappa shape index (κ2) is 26.8. The highest BCUT2D eigenvalue weighted by molar-refractivity contribution is 5.77. The molecule has 0 saturated carbocycles. The molecule has 0 spiro atoms. The minimum Gasteiger partial charge on any atom is -0.507 e. The van der Waals surface area contributed by atoms with Gasteiger partial charge >= 0.3 is 0 Å². The molecule has 98 heavy (non-hydrogen) atoms. The molecule has 7 nitrogen and oxygen atoms in total. The standard InChI is InChI=1S/C91H70O7/c92-85-71-36-64(57-22-8-1-9-23-57)37-72(85)51-74-39-66(59-26-12-3-13-27-59)41-76(87(74)94)53-78-43-68(61-30-16-5-17-31-61)45-80(89(78)96)55-82-47-70(63-34-20-7-21-35-63)49-84(91(82)98)56-83-48-69(62-32-18-6-19-33-62)46-81(90(83)97)54-79-44-67(60-28-14-4-15-29-60)42-77(88(79)95)52-75-40-65(38-73(50-71)86(75)93)58-24-10-2-11-25-58/h1-49,92-98H,50-56H2.